The summed E-state index contributed by atoms with van der Waals surface area (Å²) in [6.07, 6.45) is -8.34. The van der Waals surface area contributed by atoms with Crippen LogP contribution in [0.5, 0.6) is 0 Å². The summed E-state index contributed by atoms with van der Waals surface area (Å²) in [6, 6.07) is 11.1. The highest BCUT2D eigenvalue weighted by molar-refractivity contribution is 6.64. The molecule has 1 aliphatic rings. The summed E-state index contributed by atoms with van der Waals surface area (Å²) in [5, 5.41) is 9.34. The van der Waals surface area contributed by atoms with Gasteiger partial charge in [-0.2, -0.15) is 13.2 Å². The lowest BCUT2D eigenvalue weighted by molar-refractivity contribution is -0.158. The zero-order chi connectivity index (χ0) is 21.2. The van der Waals surface area contributed by atoms with Gasteiger partial charge in [0.05, 0.1) is 11.1 Å². The van der Waals surface area contributed by atoms with Crippen LogP contribution in [0.1, 0.15) is 15.9 Å². The van der Waals surface area contributed by atoms with Gasteiger partial charge in [-0.1, -0.05) is 42.5 Å². The number of hydrogen-bond acceptors (Lipinski definition) is 6. The highest BCUT2D eigenvalue weighted by Crippen LogP contribution is 2.28. The van der Waals surface area contributed by atoms with Crippen molar-refractivity contribution in [3.63, 3.8) is 0 Å². The van der Waals surface area contributed by atoms with E-state index in [1.807, 2.05) is 0 Å². The predicted molar refractivity (Wildman–Crippen MR) is 91.1 cm³/mol. The van der Waals surface area contributed by atoms with Crippen LogP contribution >= 0.6 is 0 Å². The fourth-order valence-electron chi connectivity index (χ4n) is 2.56. The number of carboxylic acids is 1. The molecule has 7 nitrogen and oxygen atoms in total. The van der Waals surface area contributed by atoms with Gasteiger partial charge in [0.1, 0.15) is 0 Å². The molecule has 29 heavy (non-hydrogen) atoms. The molecule has 150 valence electrons. The van der Waals surface area contributed by atoms with Crippen molar-refractivity contribution in [3.05, 3.63) is 65.7 Å². The van der Waals surface area contributed by atoms with Crippen molar-refractivity contribution in [3.8, 4) is 0 Å². The highest BCUT2D eigenvalue weighted by atomic mass is 19.4. The molecule has 1 fully saturated rings. The molecule has 0 radical (unpaired) electrons. The molecule has 1 saturated heterocycles. The van der Waals surface area contributed by atoms with Gasteiger partial charge in [-0.05, 0) is 17.6 Å². The van der Waals surface area contributed by atoms with Crippen molar-refractivity contribution in [1.29, 1.82) is 0 Å². The van der Waals surface area contributed by atoms with Gasteiger partial charge in [-0.3, -0.25) is 4.79 Å². The second-order valence-corrected chi connectivity index (χ2v) is 5.98. The number of carboxylic acid groups (broad SMARTS) is 1. The van der Waals surface area contributed by atoms with Crippen molar-refractivity contribution in [1.82, 2.24) is 0 Å². The second-order valence-electron chi connectivity index (χ2n) is 5.98. The molecule has 1 heterocycles. The summed E-state index contributed by atoms with van der Waals surface area (Å²) in [6.45, 7) is 0. The van der Waals surface area contributed by atoms with Crippen molar-refractivity contribution in [2.75, 3.05) is 0 Å². The van der Waals surface area contributed by atoms with Gasteiger partial charge in [0.25, 0.3) is 0 Å². The normalized spacial score (nSPS) is 17.6. The van der Waals surface area contributed by atoms with E-state index in [-0.39, 0.29) is 11.0 Å². The maximum absolute atomic E-state index is 12.6. The molecule has 2 aromatic carbocycles. The number of hydrogen-bond donors (Lipinski definition) is 1. The van der Waals surface area contributed by atoms with E-state index < -0.39 is 49.0 Å². The largest absolute Gasteiger partial charge is 0.565 e. The van der Waals surface area contributed by atoms with Gasteiger partial charge in [0, 0.05) is 0 Å². The lowest BCUT2D eigenvalue weighted by atomic mass is 9.79. The minimum absolute atomic E-state index is 0.0596. The van der Waals surface area contributed by atoms with E-state index in [4.69, 9.17) is 14.0 Å². The number of carbonyl (C=O) groups is 3. The van der Waals surface area contributed by atoms with Crippen LogP contribution in [0.2, 0.25) is 0 Å². The van der Waals surface area contributed by atoms with Gasteiger partial charge >= 0.3 is 31.2 Å². The van der Waals surface area contributed by atoms with Crippen molar-refractivity contribution >= 4 is 30.5 Å². The van der Waals surface area contributed by atoms with E-state index in [1.54, 1.807) is 6.07 Å². The topological polar surface area (TPSA) is 99.1 Å². The van der Waals surface area contributed by atoms with Crippen LogP contribution in [0.4, 0.5) is 13.2 Å². The smallest absolute Gasteiger partial charge is 0.504 e. The quantitative estimate of drug-likeness (QED) is 0.594. The van der Waals surface area contributed by atoms with Crippen molar-refractivity contribution in [2.24, 2.45) is 0 Å². The number of alkyl halides is 3. The summed E-state index contributed by atoms with van der Waals surface area (Å²) in [5.74, 6) is -3.76. The number of halogens is 3. The summed E-state index contributed by atoms with van der Waals surface area (Å²) >= 11 is 0. The van der Waals surface area contributed by atoms with Crippen LogP contribution in [0.25, 0.3) is 0 Å². The molecule has 3 rings (SSSR count). The Kier molecular flexibility index (Phi) is 5.60. The Morgan fingerprint density at radius 2 is 1.69 bits per heavy atom. The van der Waals surface area contributed by atoms with Crippen LogP contribution in [-0.2, 0) is 29.8 Å². The number of ether oxygens (including phenoxy) is 1. The molecular formula is C18H12BF3O7. The van der Waals surface area contributed by atoms with E-state index in [0.29, 0.717) is 0 Å². The molecule has 11 heteroatoms. The molecule has 0 aromatic heterocycles. The van der Waals surface area contributed by atoms with E-state index in [1.165, 1.54) is 24.3 Å². The molecule has 1 N–H and O–H groups in total. The molecule has 0 saturated carbocycles. The third-order valence-electron chi connectivity index (χ3n) is 4.00. The molecule has 1 aliphatic heterocycles. The van der Waals surface area contributed by atoms with E-state index >= 15 is 0 Å². The molecule has 0 aliphatic carbocycles. The second kappa shape index (κ2) is 7.96. The zero-order valence-electron chi connectivity index (χ0n) is 14.5. The average Bonchev–Trinajstić information content (AvgIpc) is 3.07. The Morgan fingerprint density at radius 1 is 1.07 bits per heavy atom. The zero-order valence-corrected chi connectivity index (χ0v) is 14.5. The minimum atomic E-state index is -4.55. The average molecular weight is 408 g/mol. The van der Waals surface area contributed by atoms with Crippen LogP contribution in [0, 0.1) is 0 Å². The first-order chi connectivity index (χ1) is 13.7. The van der Waals surface area contributed by atoms with Crippen LogP contribution < -0.4 is 5.46 Å². The summed E-state index contributed by atoms with van der Waals surface area (Å²) in [5.41, 5.74) is -0.792. The number of rotatable bonds is 5. The molecule has 2 unspecified atom stereocenters. The highest BCUT2D eigenvalue weighted by Gasteiger charge is 2.49. The number of benzene rings is 2. The van der Waals surface area contributed by atoms with Gasteiger partial charge in [0.2, 0.25) is 6.10 Å². The fraction of sp³-hybridized carbons (Fsp3) is 0.167. The number of carbonyl (C=O) groups excluding carboxylic acids is 2. The monoisotopic (exact) mass is 408 g/mol. The maximum atomic E-state index is 12.6. The molecule has 2 atom stereocenters. The van der Waals surface area contributed by atoms with E-state index in [9.17, 15) is 32.7 Å². The first-order valence-electron chi connectivity index (χ1n) is 8.19. The Morgan fingerprint density at radius 3 is 2.24 bits per heavy atom. The Labute approximate surface area is 162 Å². The lowest BCUT2D eigenvalue weighted by Gasteiger charge is -2.17. The molecule has 0 amide bonds. The van der Waals surface area contributed by atoms with Gasteiger partial charge in [-0.15, -0.1) is 0 Å². The standard InChI is InChI=1S/C18H12BF3O7/c20-18(21,22)11-6-8-12(9-7-11)19-28-14(17(26)29-19)13(15(23)24)27-16(25)10-4-2-1-3-5-10/h1-9,13-14H,(H,23,24). The minimum Gasteiger partial charge on any atom is -0.504 e. The third kappa shape index (κ3) is 4.57. The Hall–Kier alpha value is -3.34. The van der Waals surface area contributed by atoms with Crippen LogP contribution in [0.3, 0.4) is 0 Å². The van der Waals surface area contributed by atoms with Gasteiger partial charge < -0.3 is 19.2 Å². The Bertz CT molecular complexity index is 915. The SMILES string of the molecule is O=C(OC(C(=O)O)C1OB(c2ccc(C(F)(F)F)cc2)OC1=O)c1ccccc1. The summed E-state index contributed by atoms with van der Waals surface area (Å²) < 4.78 is 53.0. The maximum Gasteiger partial charge on any atom is 0.565 e. The van der Waals surface area contributed by atoms with Crippen LogP contribution in [-0.4, -0.2) is 42.3 Å². The summed E-state index contributed by atoms with van der Waals surface area (Å²) in [4.78, 5) is 35.7. The van der Waals surface area contributed by atoms with Gasteiger partial charge in [0.15, 0.2) is 6.10 Å². The predicted octanol–water partition coefficient (Wildman–Crippen LogP) is 1.65. The summed E-state index contributed by atoms with van der Waals surface area (Å²) in [7, 11) is -1.44. The van der Waals surface area contributed by atoms with Gasteiger partial charge in [-0.25, -0.2) is 9.59 Å². The van der Waals surface area contributed by atoms with E-state index in [0.717, 1.165) is 24.3 Å². The first kappa shape index (κ1) is 20.4. The van der Waals surface area contributed by atoms with Crippen molar-refractivity contribution in [2.45, 2.75) is 18.4 Å². The number of aliphatic carboxylic acids is 1. The first-order valence-corrected chi connectivity index (χ1v) is 8.19. The van der Waals surface area contributed by atoms with Crippen LogP contribution in [0.15, 0.2) is 54.6 Å². The molecule has 0 bridgehead atoms. The molecular weight excluding hydrogens is 396 g/mol. The Balaban J connectivity index is 1.75. The number of esters is 1. The molecule has 2 aromatic rings. The molecule has 0 spiro atoms. The lowest BCUT2D eigenvalue weighted by Crippen LogP contribution is -2.43. The fourth-order valence-corrected chi connectivity index (χ4v) is 2.56. The van der Waals surface area contributed by atoms with Crippen molar-refractivity contribution < 1.29 is 46.7 Å². The van der Waals surface area contributed by atoms with E-state index in [2.05, 4.69) is 0 Å². The third-order valence-corrected chi connectivity index (χ3v) is 4.00.